The van der Waals surface area contributed by atoms with Gasteiger partial charge in [0.1, 0.15) is 5.82 Å². The standard InChI is InChI=1S/C25H25F3N4O5/c1-34-18-5-3-14(9-20(18)35-2)7-8-29-24(33)17-12-23-30-16(11-22(25(26,27)28)32(23)31-17)15-4-6-19-21(10-15)37-13-36-19/h3-6,9-10,12,16,22,30H,7-8,11,13H2,1-2H3,(H,29,33). The van der Waals surface area contributed by atoms with E-state index in [-0.39, 0.29) is 31.3 Å². The summed E-state index contributed by atoms with van der Waals surface area (Å²) in [6.07, 6.45) is -4.37. The Balaban J connectivity index is 1.30. The molecule has 0 radical (unpaired) electrons. The summed E-state index contributed by atoms with van der Waals surface area (Å²) >= 11 is 0. The summed E-state index contributed by atoms with van der Waals surface area (Å²) in [6.45, 7) is 0.325. The summed E-state index contributed by atoms with van der Waals surface area (Å²) in [6, 6.07) is 9.23. The van der Waals surface area contributed by atoms with Gasteiger partial charge in [-0.05, 0) is 41.8 Å². The number of nitrogens with zero attached hydrogens (tertiary/aromatic N) is 2. The van der Waals surface area contributed by atoms with E-state index < -0.39 is 24.2 Å². The second-order valence-corrected chi connectivity index (χ2v) is 8.66. The Kier molecular flexibility index (Phi) is 6.48. The fraction of sp³-hybridized carbons (Fsp3) is 0.360. The van der Waals surface area contributed by atoms with E-state index in [4.69, 9.17) is 18.9 Å². The molecule has 0 bridgehead atoms. The molecule has 2 unspecified atom stereocenters. The number of benzene rings is 2. The molecule has 0 fully saturated rings. The number of nitrogens with one attached hydrogen (secondary N) is 2. The van der Waals surface area contributed by atoms with E-state index in [1.165, 1.54) is 20.3 Å². The van der Waals surface area contributed by atoms with Crippen molar-refractivity contribution in [1.29, 1.82) is 0 Å². The number of carbonyl (C=O) groups is 1. The molecule has 2 aromatic carbocycles. The Morgan fingerprint density at radius 2 is 1.89 bits per heavy atom. The molecule has 5 rings (SSSR count). The van der Waals surface area contributed by atoms with Gasteiger partial charge in [0, 0.05) is 19.0 Å². The van der Waals surface area contributed by atoms with Gasteiger partial charge in [0.15, 0.2) is 34.7 Å². The Hall–Kier alpha value is -4.09. The molecule has 3 heterocycles. The number of hydrogen-bond donors (Lipinski definition) is 2. The zero-order valence-electron chi connectivity index (χ0n) is 20.1. The first kappa shape index (κ1) is 24.6. The molecule has 2 aliphatic rings. The van der Waals surface area contributed by atoms with Crippen LogP contribution in [-0.2, 0) is 6.42 Å². The highest BCUT2D eigenvalue weighted by Crippen LogP contribution is 2.45. The van der Waals surface area contributed by atoms with E-state index in [2.05, 4.69) is 15.7 Å². The minimum atomic E-state index is -4.56. The Morgan fingerprint density at radius 1 is 1.11 bits per heavy atom. The van der Waals surface area contributed by atoms with Crippen LogP contribution in [0.15, 0.2) is 42.5 Å². The predicted octanol–water partition coefficient (Wildman–Crippen LogP) is 4.26. The third kappa shape index (κ3) is 4.95. The average Bonchev–Trinajstić information content (AvgIpc) is 3.53. The van der Waals surface area contributed by atoms with Crippen molar-refractivity contribution in [2.45, 2.75) is 31.1 Å². The van der Waals surface area contributed by atoms with Crippen LogP contribution >= 0.6 is 0 Å². The summed E-state index contributed by atoms with van der Waals surface area (Å²) in [5, 5.41) is 9.81. The Morgan fingerprint density at radius 3 is 2.65 bits per heavy atom. The lowest BCUT2D eigenvalue weighted by Gasteiger charge is -2.33. The molecule has 9 nitrogen and oxygen atoms in total. The summed E-state index contributed by atoms with van der Waals surface area (Å²) in [5.41, 5.74) is 1.41. The monoisotopic (exact) mass is 518 g/mol. The van der Waals surface area contributed by atoms with Crippen LogP contribution in [0.3, 0.4) is 0 Å². The van der Waals surface area contributed by atoms with Crippen LogP contribution in [0.4, 0.5) is 19.0 Å². The third-order valence-electron chi connectivity index (χ3n) is 6.37. The van der Waals surface area contributed by atoms with Gasteiger partial charge in [-0.3, -0.25) is 4.79 Å². The maximum Gasteiger partial charge on any atom is 0.410 e. The van der Waals surface area contributed by atoms with Gasteiger partial charge < -0.3 is 29.6 Å². The van der Waals surface area contributed by atoms with E-state index in [0.717, 1.165) is 10.2 Å². The number of fused-ring (bicyclic) bond motifs is 2. The van der Waals surface area contributed by atoms with Gasteiger partial charge in [-0.25, -0.2) is 4.68 Å². The van der Waals surface area contributed by atoms with Crippen molar-refractivity contribution in [3.8, 4) is 23.0 Å². The van der Waals surface area contributed by atoms with Crippen molar-refractivity contribution in [2.24, 2.45) is 0 Å². The number of aromatic nitrogens is 2. The Bertz CT molecular complexity index is 1310. The highest BCUT2D eigenvalue weighted by Gasteiger charge is 2.47. The highest BCUT2D eigenvalue weighted by molar-refractivity contribution is 5.93. The maximum absolute atomic E-state index is 14.0. The van der Waals surface area contributed by atoms with Gasteiger partial charge in [0.05, 0.1) is 20.3 Å². The first-order valence-corrected chi connectivity index (χ1v) is 11.6. The summed E-state index contributed by atoms with van der Waals surface area (Å²) < 4.78 is 64.0. The number of amides is 1. The van der Waals surface area contributed by atoms with Crippen LogP contribution in [0.1, 0.15) is 40.1 Å². The molecule has 2 atom stereocenters. The number of halogens is 3. The maximum atomic E-state index is 14.0. The zero-order valence-corrected chi connectivity index (χ0v) is 20.1. The number of hydrogen-bond acceptors (Lipinski definition) is 7. The molecule has 2 aliphatic heterocycles. The van der Waals surface area contributed by atoms with Crippen molar-refractivity contribution in [3.05, 3.63) is 59.3 Å². The summed E-state index contributed by atoms with van der Waals surface area (Å²) in [5.74, 6) is 1.73. The zero-order chi connectivity index (χ0) is 26.2. The van der Waals surface area contributed by atoms with E-state index in [9.17, 15) is 18.0 Å². The van der Waals surface area contributed by atoms with Gasteiger partial charge in [0.2, 0.25) is 6.79 Å². The normalized spacial score (nSPS) is 18.1. The molecule has 196 valence electrons. The third-order valence-corrected chi connectivity index (χ3v) is 6.37. The quantitative estimate of drug-likeness (QED) is 0.483. The minimum Gasteiger partial charge on any atom is -0.493 e. The molecular formula is C25H25F3N4O5. The van der Waals surface area contributed by atoms with Gasteiger partial charge >= 0.3 is 6.18 Å². The molecule has 2 N–H and O–H groups in total. The minimum absolute atomic E-state index is 0.0688. The first-order valence-electron chi connectivity index (χ1n) is 11.6. The van der Waals surface area contributed by atoms with Gasteiger partial charge in [-0.2, -0.15) is 18.3 Å². The van der Waals surface area contributed by atoms with Crippen LogP contribution in [0.5, 0.6) is 23.0 Å². The fourth-order valence-corrected chi connectivity index (χ4v) is 4.48. The molecule has 1 amide bonds. The lowest BCUT2D eigenvalue weighted by Crippen LogP contribution is -2.35. The van der Waals surface area contributed by atoms with Crippen molar-refractivity contribution in [3.63, 3.8) is 0 Å². The molecule has 0 spiro atoms. The summed E-state index contributed by atoms with van der Waals surface area (Å²) in [4.78, 5) is 12.7. The second kappa shape index (κ2) is 9.75. The number of carbonyl (C=O) groups excluding carboxylic acids is 1. The Labute approximate surface area is 210 Å². The fourth-order valence-electron chi connectivity index (χ4n) is 4.48. The van der Waals surface area contributed by atoms with Crippen LogP contribution < -0.4 is 29.6 Å². The molecule has 3 aromatic rings. The number of rotatable bonds is 7. The van der Waals surface area contributed by atoms with E-state index in [1.54, 1.807) is 30.3 Å². The smallest absolute Gasteiger partial charge is 0.410 e. The van der Waals surface area contributed by atoms with Crippen LogP contribution in [0, 0.1) is 0 Å². The SMILES string of the molecule is COc1ccc(CCNC(=O)c2cc3n(n2)C(C(F)(F)F)CC(c2ccc4c(c2)OCO4)N3)cc1OC. The van der Waals surface area contributed by atoms with Crippen molar-refractivity contribution >= 4 is 11.7 Å². The van der Waals surface area contributed by atoms with Gasteiger partial charge in [-0.1, -0.05) is 12.1 Å². The molecular weight excluding hydrogens is 493 g/mol. The predicted molar refractivity (Wildman–Crippen MR) is 126 cm³/mol. The second-order valence-electron chi connectivity index (χ2n) is 8.66. The number of methoxy groups -OCH3 is 2. The molecule has 0 saturated heterocycles. The lowest BCUT2D eigenvalue weighted by molar-refractivity contribution is -0.173. The van der Waals surface area contributed by atoms with Crippen LogP contribution in [0.25, 0.3) is 0 Å². The number of anilines is 1. The van der Waals surface area contributed by atoms with E-state index in [0.29, 0.717) is 35.0 Å². The molecule has 12 heteroatoms. The molecule has 0 aliphatic carbocycles. The lowest BCUT2D eigenvalue weighted by atomic mass is 9.96. The largest absolute Gasteiger partial charge is 0.493 e. The number of alkyl halides is 3. The van der Waals surface area contributed by atoms with E-state index >= 15 is 0 Å². The molecule has 37 heavy (non-hydrogen) atoms. The summed E-state index contributed by atoms with van der Waals surface area (Å²) in [7, 11) is 3.07. The average molecular weight is 518 g/mol. The number of ether oxygens (including phenoxy) is 4. The molecule has 0 saturated carbocycles. The van der Waals surface area contributed by atoms with Crippen molar-refractivity contribution in [1.82, 2.24) is 15.1 Å². The van der Waals surface area contributed by atoms with E-state index in [1.807, 2.05) is 6.07 Å². The van der Waals surface area contributed by atoms with Crippen LogP contribution in [0.2, 0.25) is 0 Å². The highest BCUT2D eigenvalue weighted by atomic mass is 19.4. The topological polar surface area (TPSA) is 95.9 Å². The molecule has 1 aromatic heterocycles. The first-order chi connectivity index (χ1) is 17.8. The van der Waals surface area contributed by atoms with Crippen LogP contribution in [-0.4, -0.2) is 49.4 Å². The van der Waals surface area contributed by atoms with Gasteiger partial charge in [0.25, 0.3) is 5.91 Å². The van der Waals surface area contributed by atoms with Crippen molar-refractivity contribution < 1.29 is 36.9 Å². The van der Waals surface area contributed by atoms with Crippen molar-refractivity contribution in [2.75, 3.05) is 32.9 Å². The van der Waals surface area contributed by atoms with Gasteiger partial charge in [-0.15, -0.1) is 0 Å².